The number of carbonyl (C=O) groups excluding carboxylic acids is 1. The van der Waals surface area contributed by atoms with Crippen LogP contribution < -0.4 is 5.32 Å². The van der Waals surface area contributed by atoms with E-state index in [1.54, 1.807) is 0 Å². The Labute approximate surface area is 114 Å². The first kappa shape index (κ1) is 16.0. The average Bonchev–Trinajstić information content (AvgIpc) is 2.38. The van der Waals surface area contributed by atoms with Crippen LogP contribution in [0.15, 0.2) is 36.9 Å². The first-order valence-corrected chi connectivity index (χ1v) is 5.83. The average molecular weight is 288 g/mol. The number of carbonyl (C=O) groups is 1. The summed E-state index contributed by atoms with van der Waals surface area (Å²) in [7, 11) is 0. The SMILES string of the molecule is C=CCN(CCO)C(=O)Nc1ccc(C(F)(F)F)cc1. The Bertz CT molecular complexity index is 458. The van der Waals surface area contributed by atoms with E-state index in [0.717, 1.165) is 12.1 Å². The van der Waals surface area contributed by atoms with Crippen LogP contribution >= 0.6 is 0 Å². The third-order valence-corrected chi connectivity index (χ3v) is 2.47. The topological polar surface area (TPSA) is 52.6 Å². The van der Waals surface area contributed by atoms with Crippen molar-refractivity contribution in [3.8, 4) is 0 Å². The molecule has 1 rings (SSSR count). The number of rotatable bonds is 5. The number of halogens is 3. The first-order chi connectivity index (χ1) is 9.38. The molecule has 0 saturated carbocycles. The van der Waals surface area contributed by atoms with Gasteiger partial charge in [0.2, 0.25) is 0 Å². The van der Waals surface area contributed by atoms with E-state index in [0.29, 0.717) is 0 Å². The van der Waals surface area contributed by atoms with Crippen molar-refractivity contribution in [3.63, 3.8) is 0 Å². The van der Waals surface area contributed by atoms with Gasteiger partial charge in [0, 0.05) is 18.8 Å². The molecule has 110 valence electrons. The second kappa shape index (κ2) is 6.95. The molecule has 0 atom stereocenters. The van der Waals surface area contributed by atoms with E-state index >= 15 is 0 Å². The molecule has 0 bridgehead atoms. The van der Waals surface area contributed by atoms with Crippen LogP contribution in [-0.2, 0) is 6.18 Å². The fourth-order valence-corrected chi connectivity index (χ4v) is 1.50. The van der Waals surface area contributed by atoms with Crippen LogP contribution in [0.25, 0.3) is 0 Å². The Hall–Kier alpha value is -2.02. The molecule has 0 radical (unpaired) electrons. The lowest BCUT2D eigenvalue weighted by atomic mass is 10.2. The Balaban J connectivity index is 2.72. The highest BCUT2D eigenvalue weighted by atomic mass is 19.4. The van der Waals surface area contributed by atoms with Crippen LogP contribution in [0.1, 0.15) is 5.56 Å². The van der Waals surface area contributed by atoms with Gasteiger partial charge in [-0.2, -0.15) is 13.2 Å². The summed E-state index contributed by atoms with van der Waals surface area (Å²) in [5.41, 5.74) is -0.538. The number of urea groups is 1. The molecule has 7 heteroatoms. The summed E-state index contributed by atoms with van der Waals surface area (Å²) < 4.78 is 37.1. The summed E-state index contributed by atoms with van der Waals surface area (Å²) in [6, 6.07) is 3.61. The normalized spacial score (nSPS) is 11.0. The van der Waals surface area contributed by atoms with Gasteiger partial charge in [-0.25, -0.2) is 4.79 Å². The minimum atomic E-state index is -4.41. The van der Waals surface area contributed by atoms with Crippen LogP contribution in [0, 0.1) is 0 Å². The Morgan fingerprint density at radius 1 is 1.35 bits per heavy atom. The molecule has 0 saturated heterocycles. The van der Waals surface area contributed by atoms with Crippen molar-refractivity contribution in [2.75, 3.05) is 25.0 Å². The number of amides is 2. The molecular formula is C13H15F3N2O2. The third kappa shape index (κ3) is 4.58. The minimum absolute atomic E-state index is 0.110. The molecule has 0 aliphatic heterocycles. The quantitative estimate of drug-likeness (QED) is 0.819. The smallest absolute Gasteiger partial charge is 0.395 e. The third-order valence-electron chi connectivity index (χ3n) is 2.47. The molecule has 4 nitrogen and oxygen atoms in total. The molecular weight excluding hydrogens is 273 g/mol. The highest BCUT2D eigenvalue weighted by Crippen LogP contribution is 2.29. The van der Waals surface area contributed by atoms with Crippen LogP contribution in [-0.4, -0.2) is 35.7 Å². The minimum Gasteiger partial charge on any atom is -0.395 e. The van der Waals surface area contributed by atoms with E-state index in [4.69, 9.17) is 5.11 Å². The van der Waals surface area contributed by atoms with Crippen molar-refractivity contribution in [3.05, 3.63) is 42.5 Å². The maximum atomic E-state index is 12.4. The van der Waals surface area contributed by atoms with Gasteiger partial charge in [-0.15, -0.1) is 6.58 Å². The van der Waals surface area contributed by atoms with E-state index in [2.05, 4.69) is 11.9 Å². The van der Waals surface area contributed by atoms with Gasteiger partial charge >= 0.3 is 12.2 Å². The van der Waals surface area contributed by atoms with Gasteiger partial charge < -0.3 is 15.3 Å². The van der Waals surface area contributed by atoms with E-state index < -0.39 is 17.8 Å². The number of nitrogens with one attached hydrogen (secondary N) is 1. The van der Waals surface area contributed by atoms with Crippen molar-refractivity contribution in [1.29, 1.82) is 0 Å². The highest BCUT2D eigenvalue weighted by Gasteiger charge is 2.30. The van der Waals surface area contributed by atoms with Gasteiger partial charge in [-0.1, -0.05) is 6.08 Å². The molecule has 1 aromatic rings. The van der Waals surface area contributed by atoms with Gasteiger partial charge in [0.15, 0.2) is 0 Å². The van der Waals surface area contributed by atoms with Crippen LogP contribution in [0.4, 0.5) is 23.7 Å². The molecule has 0 spiro atoms. The molecule has 0 aliphatic carbocycles. The molecule has 0 unspecified atom stereocenters. The van der Waals surface area contributed by atoms with E-state index in [-0.39, 0.29) is 25.4 Å². The Morgan fingerprint density at radius 3 is 2.40 bits per heavy atom. The molecule has 2 N–H and O–H groups in total. The molecule has 0 heterocycles. The van der Waals surface area contributed by atoms with Gasteiger partial charge in [0.1, 0.15) is 0 Å². The summed E-state index contributed by atoms with van der Waals surface area (Å²) >= 11 is 0. The molecule has 0 aromatic heterocycles. The summed E-state index contributed by atoms with van der Waals surface area (Å²) in [6.07, 6.45) is -2.92. The number of aliphatic hydroxyl groups excluding tert-OH is 1. The van der Waals surface area contributed by atoms with Gasteiger partial charge in [0.25, 0.3) is 0 Å². The predicted molar refractivity (Wildman–Crippen MR) is 69.3 cm³/mol. The maximum Gasteiger partial charge on any atom is 0.416 e. The molecule has 20 heavy (non-hydrogen) atoms. The number of anilines is 1. The summed E-state index contributed by atoms with van der Waals surface area (Å²) in [6.45, 7) is 3.61. The van der Waals surface area contributed by atoms with E-state index in [9.17, 15) is 18.0 Å². The standard InChI is InChI=1S/C13H15F3N2O2/c1-2-7-18(8-9-19)12(20)17-11-5-3-10(4-6-11)13(14,15)16/h2-6,19H,1,7-9H2,(H,17,20). The van der Waals surface area contributed by atoms with Crippen molar-refractivity contribution in [2.24, 2.45) is 0 Å². The number of hydrogen-bond donors (Lipinski definition) is 2. The fourth-order valence-electron chi connectivity index (χ4n) is 1.50. The molecule has 1 aromatic carbocycles. The Morgan fingerprint density at radius 2 is 1.95 bits per heavy atom. The number of alkyl halides is 3. The van der Waals surface area contributed by atoms with Crippen molar-refractivity contribution < 1.29 is 23.1 Å². The molecule has 0 fully saturated rings. The van der Waals surface area contributed by atoms with Gasteiger partial charge in [0.05, 0.1) is 12.2 Å². The second-order valence-electron chi connectivity index (χ2n) is 3.96. The number of hydrogen-bond acceptors (Lipinski definition) is 2. The monoisotopic (exact) mass is 288 g/mol. The van der Waals surface area contributed by atoms with E-state index in [1.807, 2.05) is 0 Å². The zero-order valence-electron chi connectivity index (χ0n) is 10.7. The summed E-state index contributed by atoms with van der Waals surface area (Å²) in [5.74, 6) is 0. The second-order valence-corrected chi connectivity index (χ2v) is 3.96. The fraction of sp³-hybridized carbons (Fsp3) is 0.308. The van der Waals surface area contributed by atoms with Gasteiger partial charge in [-0.3, -0.25) is 0 Å². The zero-order valence-corrected chi connectivity index (χ0v) is 10.7. The summed E-state index contributed by atoms with van der Waals surface area (Å²) in [4.78, 5) is 13.1. The lowest BCUT2D eigenvalue weighted by Crippen LogP contribution is -2.37. The lowest BCUT2D eigenvalue weighted by molar-refractivity contribution is -0.137. The van der Waals surface area contributed by atoms with Crippen LogP contribution in [0.2, 0.25) is 0 Å². The molecule has 2 amide bonds. The number of benzene rings is 1. The first-order valence-electron chi connectivity index (χ1n) is 5.83. The molecule has 0 aliphatic rings. The van der Waals surface area contributed by atoms with Crippen LogP contribution in [0.3, 0.4) is 0 Å². The van der Waals surface area contributed by atoms with Crippen molar-refractivity contribution in [2.45, 2.75) is 6.18 Å². The number of nitrogens with zero attached hydrogens (tertiary/aromatic N) is 1. The highest BCUT2D eigenvalue weighted by molar-refractivity contribution is 5.89. The van der Waals surface area contributed by atoms with E-state index in [1.165, 1.54) is 23.1 Å². The maximum absolute atomic E-state index is 12.4. The van der Waals surface area contributed by atoms with Crippen LogP contribution in [0.5, 0.6) is 0 Å². The predicted octanol–water partition coefficient (Wildman–Crippen LogP) is 2.72. The van der Waals surface area contributed by atoms with Crippen molar-refractivity contribution in [1.82, 2.24) is 4.90 Å². The largest absolute Gasteiger partial charge is 0.416 e. The summed E-state index contributed by atoms with van der Waals surface area (Å²) in [5, 5.41) is 11.3. The van der Waals surface area contributed by atoms with Gasteiger partial charge in [-0.05, 0) is 24.3 Å². The zero-order chi connectivity index (χ0) is 15.2. The lowest BCUT2D eigenvalue weighted by Gasteiger charge is -2.20. The number of aliphatic hydroxyl groups is 1. The Kier molecular flexibility index (Phi) is 5.57. The van der Waals surface area contributed by atoms with Crippen molar-refractivity contribution >= 4 is 11.7 Å².